The van der Waals surface area contributed by atoms with Crippen molar-refractivity contribution in [2.45, 2.75) is 101 Å². The van der Waals surface area contributed by atoms with E-state index in [2.05, 4.69) is 34.6 Å². The van der Waals surface area contributed by atoms with Crippen LogP contribution in [0.15, 0.2) is 0 Å². The first kappa shape index (κ1) is 31.2. The molecule has 0 radical (unpaired) electrons. The molecule has 0 saturated heterocycles. The molecule has 0 spiro atoms. The molecule has 0 aromatic carbocycles. The van der Waals surface area contributed by atoms with Crippen LogP contribution in [0.25, 0.3) is 0 Å². The van der Waals surface area contributed by atoms with Gasteiger partial charge in [0.05, 0.1) is 0 Å². The normalized spacial score (nSPS) is 15.8. The molecule has 0 bridgehead atoms. The van der Waals surface area contributed by atoms with Gasteiger partial charge in [0.15, 0.2) is 0 Å². The van der Waals surface area contributed by atoms with Crippen molar-refractivity contribution in [3.8, 4) is 0 Å². The molecule has 3 atom stereocenters. The van der Waals surface area contributed by atoms with Crippen LogP contribution in [-0.2, 0) is 23.7 Å². The molecule has 0 heterocycles. The van der Waals surface area contributed by atoms with Crippen LogP contribution in [0.1, 0.15) is 68.7 Å². The number of rotatable bonds is 20. The molecule has 0 aromatic heterocycles. The van der Waals surface area contributed by atoms with Crippen LogP contribution in [0, 0.1) is 0 Å². The van der Waals surface area contributed by atoms with Gasteiger partial charge >= 0.3 is 195 Å². The van der Waals surface area contributed by atoms with E-state index in [1.54, 1.807) is 0 Å². The number of hydrogen-bond donors (Lipinski definition) is 0. The van der Waals surface area contributed by atoms with Gasteiger partial charge in [-0.25, -0.2) is 0 Å². The predicted molar refractivity (Wildman–Crippen MR) is 135 cm³/mol. The van der Waals surface area contributed by atoms with Crippen molar-refractivity contribution in [1.82, 2.24) is 0 Å². The summed E-state index contributed by atoms with van der Waals surface area (Å²) in [6.45, 7) is 21.7. The van der Waals surface area contributed by atoms with E-state index in [0.29, 0.717) is 48.5 Å². The van der Waals surface area contributed by atoms with Crippen LogP contribution in [0.3, 0.4) is 0 Å². The van der Waals surface area contributed by atoms with Gasteiger partial charge in [0, 0.05) is 0 Å². The van der Waals surface area contributed by atoms with Crippen molar-refractivity contribution in [2.24, 2.45) is 0 Å². The van der Waals surface area contributed by atoms with Crippen LogP contribution in [-0.4, -0.2) is 75.5 Å². The number of hydrogen-bond acceptors (Lipinski definition) is 5. The Morgan fingerprint density at radius 2 is 1.07 bits per heavy atom. The zero-order chi connectivity index (χ0) is 23.0. The molecule has 182 valence electrons. The van der Waals surface area contributed by atoms with Gasteiger partial charge in [-0.3, -0.25) is 0 Å². The molecule has 0 fully saturated rings. The SMILES string of the molecule is CCOC(C)(OCC)PCC[As](CCPC(C)(OCC)OCC)C(CC)OC(C)C. The summed E-state index contributed by atoms with van der Waals surface area (Å²) in [6, 6.07) is 0. The van der Waals surface area contributed by atoms with Crippen molar-refractivity contribution in [1.29, 1.82) is 0 Å². The fourth-order valence-electron chi connectivity index (χ4n) is 3.40. The standard InChI is InChI=1S/C22H49AsO5P2/c1-10-20(28-19(6)7)23(15-17-29-21(8,24-11-2)25-12-3)16-18-30-22(9,26-13-4)27-14-5/h19-20,29-30H,10-18H2,1-9H3. The second-order valence-electron chi connectivity index (χ2n) is 7.56. The number of ether oxygens (including phenoxy) is 5. The van der Waals surface area contributed by atoms with E-state index in [4.69, 9.17) is 23.7 Å². The Kier molecular flexibility index (Phi) is 18.4. The van der Waals surface area contributed by atoms with Gasteiger partial charge in [0.1, 0.15) is 0 Å². The molecule has 0 saturated carbocycles. The molecular weight excluding hydrogens is 481 g/mol. The maximum atomic E-state index is 6.36. The molecule has 0 aromatic rings. The molecule has 0 aliphatic heterocycles. The van der Waals surface area contributed by atoms with Crippen molar-refractivity contribution in [3.05, 3.63) is 0 Å². The Morgan fingerprint density at radius 1 is 0.700 bits per heavy atom. The Hall–Kier alpha value is 1.22. The molecule has 0 rings (SSSR count). The summed E-state index contributed by atoms with van der Waals surface area (Å²) in [5.74, 6) is 0. The Bertz CT molecular complexity index is 375. The quantitative estimate of drug-likeness (QED) is 0.109. The molecule has 3 unspecified atom stereocenters. The minimum absolute atomic E-state index is 0.283. The summed E-state index contributed by atoms with van der Waals surface area (Å²) in [5, 5.41) is 2.55. The van der Waals surface area contributed by atoms with Gasteiger partial charge in [-0.1, -0.05) is 0 Å². The van der Waals surface area contributed by atoms with Gasteiger partial charge in [-0.05, 0) is 0 Å². The summed E-state index contributed by atoms with van der Waals surface area (Å²) < 4.78 is 30.1. The summed E-state index contributed by atoms with van der Waals surface area (Å²) in [7, 11) is 1.31. The third-order valence-corrected chi connectivity index (χ3v) is 15.3. The molecule has 30 heavy (non-hydrogen) atoms. The van der Waals surface area contributed by atoms with Crippen molar-refractivity contribution in [2.75, 3.05) is 38.8 Å². The van der Waals surface area contributed by atoms with Crippen LogP contribution in [0.2, 0.25) is 10.4 Å². The molecule has 8 heteroatoms. The molecule has 0 aliphatic carbocycles. The molecule has 0 amide bonds. The summed E-state index contributed by atoms with van der Waals surface area (Å²) >= 11 is -1.18. The summed E-state index contributed by atoms with van der Waals surface area (Å²) in [6.07, 6.45) is 3.70. The van der Waals surface area contributed by atoms with E-state index >= 15 is 0 Å². The average molecular weight is 530 g/mol. The van der Waals surface area contributed by atoms with Gasteiger partial charge in [-0.2, -0.15) is 0 Å². The monoisotopic (exact) mass is 530 g/mol. The second kappa shape index (κ2) is 17.7. The van der Waals surface area contributed by atoms with Gasteiger partial charge in [0.25, 0.3) is 0 Å². The first-order chi connectivity index (χ1) is 14.2. The molecule has 0 N–H and O–H groups in total. The first-order valence-electron chi connectivity index (χ1n) is 11.6. The Balaban J connectivity index is 4.98. The van der Waals surface area contributed by atoms with Crippen molar-refractivity contribution in [3.63, 3.8) is 0 Å². The van der Waals surface area contributed by atoms with Gasteiger partial charge < -0.3 is 0 Å². The van der Waals surface area contributed by atoms with E-state index in [0.717, 1.165) is 18.7 Å². The van der Waals surface area contributed by atoms with Gasteiger partial charge in [-0.15, -0.1) is 0 Å². The topological polar surface area (TPSA) is 46.2 Å². The Labute approximate surface area is 195 Å². The van der Waals surface area contributed by atoms with Crippen LogP contribution < -0.4 is 0 Å². The molecule has 5 nitrogen and oxygen atoms in total. The summed E-state index contributed by atoms with van der Waals surface area (Å²) in [5.41, 5.74) is -0.872. The van der Waals surface area contributed by atoms with Crippen molar-refractivity contribution < 1.29 is 23.7 Å². The zero-order valence-electron chi connectivity index (χ0n) is 21.0. The fourth-order valence-corrected chi connectivity index (χ4v) is 14.7. The second-order valence-corrected chi connectivity index (χ2v) is 16.6. The maximum absolute atomic E-state index is 6.36. The van der Waals surface area contributed by atoms with Crippen LogP contribution >= 0.6 is 17.2 Å². The van der Waals surface area contributed by atoms with Crippen molar-refractivity contribution >= 4 is 31.8 Å². The van der Waals surface area contributed by atoms with Crippen LogP contribution in [0.5, 0.6) is 0 Å². The van der Waals surface area contributed by atoms with E-state index in [1.165, 1.54) is 10.4 Å². The fraction of sp³-hybridized carbons (Fsp3) is 1.00. The third kappa shape index (κ3) is 13.7. The minimum atomic E-state index is -1.18. The average Bonchev–Trinajstić information content (AvgIpc) is 2.65. The van der Waals surface area contributed by atoms with E-state index in [9.17, 15) is 0 Å². The van der Waals surface area contributed by atoms with E-state index < -0.39 is 25.7 Å². The summed E-state index contributed by atoms with van der Waals surface area (Å²) in [4.78, 5) is 0.433. The third-order valence-electron chi connectivity index (χ3n) is 4.56. The van der Waals surface area contributed by atoms with Crippen LogP contribution in [0.4, 0.5) is 0 Å². The van der Waals surface area contributed by atoms with E-state index in [-0.39, 0.29) is 6.10 Å². The predicted octanol–water partition coefficient (Wildman–Crippen LogP) is 6.07. The van der Waals surface area contributed by atoms with E-state index in [1.807, 2.05) is 27.7 Å². The molecular formula is C22H49AsO5P2. The van der Waals surface area contributed by atoms with Gasteiger partial charge in [0.2, 0.25) is 0 Å². The zero-order valence-corrected chi connectivity index (χ0v) is 24.9. The Morgan fingerprint density at radius 3 is 1.33 bits per heavy atom. The first-order valence-corrected chi connectivity index (χ1v) is 17.8. The molecule has 0 aliphatic rings.